The first-order chi connectivity index (χ1) is 11.9. The average Bonchev–Trinajstić information content (AvgIpc) is 3.07. The zero-order chi connectivity index (χ0) is 18.0. The Bertz CT molecular complexity index is 782. The summed E-state index contributed by atoms with van der Waals surface area (Å²) in [5.74, 6) is 2.07. The Balaban J connectivity index is 2.12. The van der Waals surface area contributed by atoms with Crippen molar-refractivity contribution in [3.63, 3.8) is 0 Å². The standard InChI is InChI=1S/C19H20N2O4/c1-19(2,22)18-21-16(13-7-10-15(24-4)20-11-13)17(25-18)12-5-8-14(23-3)9-6-12/h5-11,22H,1-4H3. The van der Waals surface area contributed by atoms with Crippen molar-refractivity contribution in [2.45, 2.75) is 19.4 Å². The molecule has 0 amide bonds. The Hall–Kier alpha value is -2.86. The van der Waals surface area contributed by atoms with E-state index >= 15 is 0 Å². The molecule has 0 spiro atoms. The molecule has 0 aliphatic rings. The second-order valence-electron chi connectivity index (χ2n) is 6.07. The number of pyridine rings is 1. The number of aromatic nitrogens is 2. The smallest absolute Gasteiger partial charge is 0.226 e. The van der Waals surface area contributed by atoms with Crippen LogP contribution in [-0.2, 0) is 5.60 Å². The summed E-state index contributed by atoms with van der Waals surface area (Å²) in [4.78, 5) is 8.72. The van der Waals surface area contributed by atoms with Gasteiger partial charge in [-0.25, -0.2) is 9.97 Å². The zero-order valence-corrected chi connectivity index (χ0v) is 14.6. The van der Waals surface area contributed by atoms with E-state index in [0.29, 0.717) is 17.3 Å². The maximum absolute atomic E-state index is 10.3. The SMILES string of the molecule is COc1ccc(-c2oc(C(C)(C)O)nc2-c2ccc(OC)nc2)cc1. The molecule has 0 radical (unpaired) electrons. The van der Waals surface area contributed by atoms with Crippen LogP contribution >= 0.6 is 0 Å². The molecule has 0 aliphatic carbocycles. The van der Waals surface area contributed by atoms with Gasteiger partial charge in [0.05, 0.1) is 14.2 Å². The lowest BCUT2D eigenvalue weighted by Crippen LogP contribution is -2.15. The Morgan fingerprint density at radius 1 is 0.960 bits per heavy atom. The van der Waals surface area contributed by atoms with Gasteiger partial charge in [-0.05, 0) is 44.2 Å². The van der Waals surface area contributed by atoms with Crippen LogP contribution in [0.2, 0.25) is 0 Å². The number of hydrogen-bond donors (Lipinski definition) is 1. The molecule has 25 heavy (non-hydrogen) atoms. The predicted molar refractivity (Wildman–Crippen MR) is 93.5 cm³/mol. The summed E-state index contributed by atoms with van der Waals surface area (Å²) in [7, 11) is 3.18. The molecular formula is C19H20N2O4. The Morgan fingerprint density at radius 3 is 2.16 bits per heavy atom. The second kappa shape index (κ2) is 6.57. The number of aliphatic hydroxyl groups is 1. The van der Waals surface area contributed by atoms with Gasteiger partial charge in [0, 0.05) is 23.4 Å². The van der Waals surface area contributed by atoms with E-state index < -0.39 is 5.60 Å². The van der Waals surface area contributed by atoms with Gasteiger partial charge in [-0.2, -0.15) is 0 Å². The van der Waals surface area contributed by atoms with Crippen molar-refractivity contribution in [1.82, 2.24) is 9.97 Å². The van der Waals surface area contributed by atoms with Crippen molar-refractivity contribution in [2.24, 2.45) is 0 Å². The summed E-state index contributed by atoms with van der Waals surface area (Å²) < 4.78 is 16.2. The van der Waals surface area contributed by atoms with Crippen molar-refractivity contribution in [3.8, 4) is 34.2 Å². The number of rotatable bonds is 5. The number of oxazole rings is 1. The molecule has 0 saturated carbocycles. The zero-order valence-electron chi connectivity index (χ0n) is 14.6. The molecule has 0 bridgehead atoms. The van der Waals surface area contributed by atoms with Crippen molar-refractivity contribution in [2.75, 3.05) is 14.2 Å². The largest absolute Gasteiger partial charge is 0.497 e. The Morgan fingerprint density at radius 2 is 1.64 bits per heavy atom. The fraction of sp³-hybridized carbons (Fsp3) is 0.263. The highest BCUT2D eigenvalue weighted by Crippen LogP contribution is 2.36. The van der Waals surface area contributed by atoms with Crippen molar-refractivity contribution in [1.29, 1.82) is 0 Å². The summed E-state index contributed by atoms with van der Waals surface area (Å²) in [5.41, 5.74) is 1.01. The van der Waals surface area contributed by atoms with Gasteiger partial charge >= 0.3 is 0 Å². The van der Waals surface area contributed by atoms with Crippen LogP contribution in [0.1, 0.15) is 19.7 Å². The van der Waals surface area contributed by atoms with Gasteiger partial charge in [-0.3, -0.25) is 0 Å². The van der Waals surface area contributed by atoms with Gasteiger partial charge in [-0.15, -0.1) is 0 Å². The Labute approximate surface area is 146 Å². The van der Waals surface area contributed by atoms with E-state index in [-0.39, 0.29) is 5.89 Å². The monoisotopic (exact) mass is 340 g/mol. The van der Waals surface area contributed by atoms with Crippen LogP contribution in [0.4, 0.5) is 0 Å². The van der Waals surface area contributed by atoms with Gasteiger partial charge in [0.1, 0.15) is 17.0 Å². The lowest BCUT2D eigenvalue weighted by Gasteiger charge is -2.11. The molecule has 2 heterocycles. The summed E-state index contributed by atoms with van der Waals surface area (Å²) in [6, 6.07) is 11.1. The highest BCUT2D eigenvalue weighted by atomic mass is 16.5. The Kier molecular flexibility index (Phi) is 4.46. The van der Waals surface area contributed by atoms with E-state index in [9.17, 15) is 5.11 Å². The minimum Gasteiger partial charge on any atom is -0.497 e. The predicted octanol–water partition coefficient (Wildman–Crippen LogP) is 3.65. The van der Waals surface area contributed by atoms with Gasteiger partial charge in [0.25, 0.3) is 0 Å². The van der Waals surface area contributed by atoms with E-state index in [4.69, 9.17) is 13.9 Å². The minimum absolute atomic E-state index is 0.240. The van der Waals surface area contributed by atoms with Gasteiger partial charge < -0.3 is 19.0 Å². The highest BCUT2D eigenvalue weighted by Gasteiger charge is 2.27. The van der Waals surface area contributed by atoms with Crippen LogP contribution in [-0.4, -0.2) is 29.3 Å². The van der Waals surface area contributed by atoms with Gasteiger partial charge in [-0.1, -0.05) is 0 Å². The summed E-state index contributed by atoms with van der Waals surface area (Å²) >= 11 is 0. The van der Waals surface area contributed by atoms with E-state index in [1.54, 1.807) is 40.3 Å². The van der Waals surface area contributed by atoms with Crippen molar-refractivity contribution >= 4 is 0 Å². The lowest BCUT2D eigenvalue weighted by atomic mass is 10.1. The van der Waals surface area contributed by atoms with E-state index in [0.717, 1.165) is 16.9 Å². The molecule has 6 nitrogen and oxygen atoms in total. The van der Waals surface area contributed by atoms with Crippen LogP contribution in [0.15, 0.2) is 47.0 Å². The third-order valence-electron chi connectivity index (χ3n) is 3.72. The molecule has 1 N–H and O–H groups in total. The molecule has 130 valence electrons. The second-order valence-corrected chi connectivity index (χ2v) is 6.07. The first-order valence-electron chi connectivity index (χ1n) is 7.81. The van der Waals surface area contributed by atoms with E-state index in [1.807, 2.05) is 30.3 Å². The molecule has 2 aromatic heterocycles. The van der Waals surface area contributed by atoms with Crippen molar-refractivity contribution in [3.05, 3.63) is 48.5 Å². The maximum Gasteiger partial charge on any atom is 0.226 e. The molecule has 0 saturated heterocycles. The highest BCUT2D eigenvalue weighted by molar-refractivity contribution is 5.77. The van der Waals surface area contributed by atoms with Crippen molar-refractivity contribution < 1.29 is 19.0 Å². The average molecular weight is 340 g/mol. The fourth-order valence-electron chi connectivity index (χ4n) is 2.36. The molecule has 1 aromatic carbocycles. The first kappa shape index (κ1) is 17.0. The summed E-state index contributed by atoms with van der Waals surface area (Å²) in [5, 5.41) is 10.3. The molecule has 0 atom stereocenters. The third-order valence-corrected chi connectivity index (χ3v) is 3.72. The lowest BCUT2D eigenvalue weighted by molar-refractivity contribution is 0.0490. The van der Waals surface area contributed by atoms with E-state index in [2.05, 4.69) is 9.97 Å². The van der Waals surface area contributed by atoms with Crippen LogP contribution in [0, 0.1) is 0 Å². The molecule has 6 heteroatoms. The summed E-state index contributed by atoms with van der Waals surface area (Å²) in [6.07, 6.45) is 1.66. The molecular weight excluding hydrogens is 320 g/mol. The molecule has 0 fully saturated rings. The minimum atomic E-state index is -1.20. The molecule has 3 aromatic rings. The summed E-state index contributed by atoms with van der Waals surface area (Å²) in [6.45, 7) is 3.26. The number of methoxy groups -OCH3 is 2. The molecule has 0 aliphatic heterocycles. The quantitative estimate of drug-likeness (QED) is 0.764. The van der Waals surface area contributed by atoms with Gasteiger partial charge in [0.15, 0.2) is 5.76 Å². The fourth-order valence-corrected chi connectivity index (χ4v) is 2.36. The van der Waals surface area contributed by atoms with Crippen LogP contribution in [0.5, 0.6) is 11.6 Å². The molecule has 0 unspecified atom stereocenters. The third kappa shape index (κ3) is 3.49. The van der Waals surface area contributed by atoms with E-state index in [1.165, 1.54) is 0 Å². The first-order valence-corrected chi connectivity index (χ1v) is 7.81. The van der Waals surface area contributed by atoms with Crippen LogP contribution in [0.25, 0.3) is 22.6 Å². The van der Waals surface area contributed by atoms with Crippen LogP contribution < -0.4 is 9.47 Å². The number of ether oxygens (including phenoxy) is 2. The normalized spacial score (nSPS) is 11.4. The number of hydrogen-bond acceptors (Lipinski definition) is 6. The number of nitrogens with zero attached hydrogens (tertiary/aromatic N) is 2. The van der Waals surface area contributed by atoms with Gasteiger partial charge in [0.2, 0.25) is 11.8 Å². The molecule has 3 rings (SSSR count). The number of benzene rings is 1. The maximum atomic E-state index is 10.3. The topological polar surface area (TPSA) is 77.6 Å². The van der Waals surface area contributed by atoms with Crippen LogP contribution in [0.3, 0.4) is 0 Å².